The molecular weight excluding hydrogens is 389 g/mol. The largest absolute Gasteiger partial charge is 0.478 e. The number of carbonyl (C=O) groups excluding carboxylic acids is 1. The Morgan fingerprint density at radius 1 is 1.10 bits per heavy atom. The molecule has 1 aromatic carbocycles. The third-order valence-corrected chi connectivity index (χ3v) is 5.41. The molecular formula is C21H26FN5O3. The fourth-order valence-corrected chi connectivity index (χ4v) is 3.69. The molecule has 8 nitrogen and oxygen atoms in total. The van der Waals surface area contributed by atoms with Crippen LogP contribution >= 0.6 is 0 Å². The Morgan fingerprint density at radius 3 is 2.57 bits per heavy atom. The number of amides is 1. The molecule has 30 heavy (non-hydrogen) atoms. The number of aromatic nitrogens is 2. The minimum Gasteiger partial charge on any atom is -0.478 e. The highest BCUT2D eigenvalue weighted by Crippen LogP contribution is 2.22. The average Bonchev–Trinajstić information content (AvgIpc) is 2.81. The summed E-state index contributed by atoms with van der Waals surface area (Å²) in [7, 11) is 0. The SMILES string of the molecule is CC(Oc1ccccc1F)C(=O)N1CCN(c2cc(N3CCOCC3)cnn2)CC1. The zero-order valence-corrected chi connectivity index (χ0v) is 17.0. The molecule has 0 spiro atoms. The number of hydrogen-bond acceptors (Lipinski definition) is 7. The fraction of sp³-hybridized carbons (Fsp3) is 0.476. The molecule has 1 unspecified atom stereocenters. The van der Waals surface area contributed by atoms with E-state index in [4.69, 9.17) is 9.47 Å². The van der Waals surface area contributed by atoms with Crippen LogP contribution in [0.5, 0.6) is 5.75 Å². The van der Waals surface area contributed by atoms with Crippen LogP contribution < -0.4 is 14.5 Å². The van der Waals surface area contributed by atoms with Gasteiger partial charge in [0.25, 0.3) is 5.91 Å². The molecule has 2 fully saturated rings. The van der Waals surface area contributed by atoms with Gasteiger partial charge in [-0.3, -0.25) is 4.79 Å². The molecule has 2 aliphatic heterocycles. The quantitative estimate of drug-likeness (QED) is 0.734. The van der Waals surface area contributed by atoms with Crippen LogP contribution in [-0.2, 0) is 9.53 Å². The second-order valence-corrected chi connectivity index (χ2v) is 7.37. The first-order chi connectivity index (χ1) is 14.6. The summed E-state index contributed by atoms with van der Waals surface area (Å²) >= 11 is 0. The van der Waals surface area contributed by atoms with Gasteiger partial charge in [-0.15, -0.1) is 5.10 Å². The Labute approximate surface area is 175 Å². The number of ether oxygens (including phenoxy) is 2. The number of piperazine rings is 1. The van der Waals surface area contributed by atoms with Crippen LogP contribution in [0.25, 0.3) is 0 Å². The lowest BCUT2D eigenvalue weighted by atomic mass is 10.2. The highest BCUT2D eigenvalue weighted by atomic mass is 19.1. The number of rotatable bonds is 5. The summed E-state index contributed by atoms with van der Waals surface area (Å²) < 4.78 is 24.7. The Kier molecular flexibility index (Phi) is 6.27. The maximum atomic E-state index is 13.8. The van der Waals surface area contributed by atoms with Gasteiger partial charge in [-0.1, -0.05) is 12.1 Å². The van der Waals surface area contributed by atoms with E-state index in [0.717, 1.165) is 24.6 Å². The predicted molar refractivity (Wildman–Crippen MR) is 110 cm³/mol. The molecule has 0 saturated carbocycles. The molecule has 1 amide bonds. The first-order valence-electron chi connectivity index (χ1n) is 10.2. The molecule has 1 aromatic heterocycles. The first kappa shape index (κ1) is 20.3. The van der Waals surface area contributed by atoms with E-state index in [9.17, 15) is 9.18 Å². The summed E-state index contributed by atoms with van der Waals surface area (Å²) in [6.07, 6.45) is 1.02. The fourth-order valence-electron chi connectivity index (χ4n) is 3.69. The number of anilines is 2. The van der Waals surface area contributed by atoms with Gasteiger partial charge in [-0.05, 0) is 19.1 Å². The van der Waals surface area contributed by atoms with Gasteiger partial charge in [0.1, 0.15) is 0 Å². The van der Waals surface area contributed by atoms with Crippen molar-refractivity contribution in [3.63, 3.8) is 0 Å². The van der Waals surface area contributed by atoms with Crippen molar-refractivity contribution in [1.29, 1.82) is 0 Å². The summed E-state index contributed by atoms with van der Waals surface area (Å²) in [5, 5.41) is 8.44. The topological polar surface area (TPSA) is 71.0 Å². The van der Waals surface area contributed by atoms with Gasteiger partial charge in [-0.25, -0.2) is 4.39 Å². The summed E-state index contributed by atoms with van der Waals surface area (Å²) in [6.45, 7) is 7.16. The minimum absolute atomic E-state index is 0.0900. The van der Waals surface area contributed by atoms with Crippen molar-refractivity contribution in [2.24, 2.45) is 0 Å². The molecule has 4 rings (SSSR count). The van der Waals surface area contributed by atoms with Gasteiger partial charge in [0.2, 0.25) is 0 Å². The Balaban J connectivity index is 1.33. The van der Waals surface area contributed by atoms with Crippen LogP contribution in [-0.4, -0.2) is 79.6 Å². The first-order valence-corrected chi connectivity index (χ1v) is 10.2. The lowest BCUT2D eigenvalue weighted by molar-refractivity contribution is -0.138. The number of carbonyl (C=O) groups is 1. The maximum absolute atomic E-state index is 13.8. The zero-order chi connectivity index (χ0) is 20.9. The number of benzene rings is 1. The predicted octanol–water partition coefficient (Wildman–Crippen LogP) is 1.57. The Morgan fingerprint density at radius 2 is 1.83 bits per heavy atom. The second-order valence-electron chi connectivity index (χ2n) is 7.37. The summed E-state index contributed by atoms with van der Waals surface area (Å²) in [5.74, 6) is 0.278. The molecule has 2 aliphatic rings. The van der Waals surface area contributed by atoms with Crippen molar-refractivity contribution < 1.29 is 18.7 Å². The minimum atomic E-state index is -0.752. The molecule has 2 aromatic rings. The van der Waals surface area contributed by atoms with Crippen molar-refractivity contribution in [3.8, 4) is 5.75 Å². The van der Waals surface area contributed by atoms with Crippen LogP contribution in [0.2, 0.25) is 0 Å². The standard InChI is InChI=1S/C21H26FN5O3/c1-16(30-19-5-3-2-4-18(19)22)21(28)27-8-6-26(7-9-27)20-14-17(15-23-24-20)25-10-12-29-13-11-25/h2-5,14-16H,6-13H2,1H3. The van der Waals surface area contributed by atoms with E-state index >= 15 is 0 Å². The van der Waals surface area contributed by atoms with Crippen LogP contribution in [0.3, 0.4) is 0 Å². The number of nitrogens with zero attached hydrogens (tertiary/aromatic N) is 5. The van der Waals surface area contributed by atoms with Gasteiger partial charge in [0.15, 0.2) is 23.5 Å². The molecule has 2 saturated heterocycles. The Hall–Kier alpha value is -2.94. The highest BCUT2D eigenvalue weighted by molar-refractivity contribution is 5.81. The van der Waals surface area contributed by atoms with Crippen molar-refractivity contribution in [2.45, 2.75) is 13.0 Å². The lowest BCUT2D eigenvalue weighted by Crippen LogP contribution is -2.52. The number of halogens is 1. The van der Waals surface area contributed by atoms with E-state index in [-0.39, 0.29) is 11.7 Å². The van der Waals surface area contributed by atoms with E-state index in [0.29, 0.717) is 39.4 Å². The zero-order valence-electron chi connectivity index (χ0n) is 17.0. The molecule has 0 radical (unpaired) electrons. The lowest BCUT2D eigenvalue weighted by Gasteiger charge is -2.36. The summed E-state index contributed by atoms with van der Waals surface area (Å²) in [6, 6.07) is 8.15. The number of morpholine rings is 1. The van der Waals surface area contributed by atoms with Crippen LogP contribution in [0.4, 0.5) is 15.9 Å². The number of para-hydroxylation sites is 1. The average molecular weight is 415 g/mol. The van der Waals surface area contributed by atoms with E-state index in [1.54, 1.807) is 30.2 Å². The van der Waals surface area contributed by atoms with E-state index < -0.39 is 11.9 Å². The van der Waals surface area contributed by atoms with Crippen LogP contribution in [0, 0.1) is 5.82 Å². The normalized spacial score (nSPS) is 18.3. The third kappa shape index (κ3) is 4.62. The monoisotopic (exact) mass is 415 g/mol. The van der Waals surface area contributed by atoms with Gasteiger partial charge >= 0.3 is 0 Å². The van der Waals surface area contributed by atoms with Gasteiger partial charge in [-0.2, -0.15) is 5.10 Å². The molecule has 0 N–H and O–H groups in total. The van der Waals surface area contributed by atoms with Gasteiger partial charge in [0.05, 0.1) is 25.1 Å². The van der Waals surface area contributed by atoms with Crippen molar-refractivity contribution >= 4 is 17.4 Å². The smallest absolute Gasteiger partial charge is 0.263 e. The summed E-state index contributed by atoms with van der Waals surface area (Å²) in [5.41, 5.74) is 1.04. The highest BCUT2D eigenvalue weighted by Gasteiger charge is 2.27. The molecule has 0 aliphatic carbocycles. The van der Waals surface area contributed by atoms with Crippen molar-refractivity contribution in [3.05, 3.63) is 42.3 Å². The van der Waals surface area contributed by atoms with Crippen LogP contribution in [0.15, 0.2) is 36.5 Å². The van der Waals surface area contributed by atoms with Crippen molar-refractivity contribution in [2.75, 3.05) is 62.3 Å². The third-order valence-electron chi connectivity index (χ3n) is 5.41. The molecule has 0 bridgehead atoms. The summed E-state index contributed by atoms with van der Waals surface area (Å²) in [4.78, 5) is 18.8. The molecule has 160 valence electrons. The Bertz CT molecular complexity index is 869. The van der Waals surface area contributed by atoms with Gasteiger partial charge < -0.3 is 24.2 Å². The maximum Gasteiger partial charge on any atom is 0.263 e. The molecule has 9 heteroatoms. The van der Waals surface area contributed by atoms with Crippen LogP contribution in [0.1, 0.15) is 6.92 Å². The van der Waals surface area contributed by atoms with Crippen molar-refractivity contribution in [1.82, 2.24) is 15.1 Å². The second kappa shape index (κ2) is 9.25. The number of hydrogen-bond donors (Lipinski definition) is 0. The molecule has 1 atom stereocenters. The van der Waals surface area contributed by atoms with Gasteiger partial charge in [0, 0.05) is 45.3 Å². The molecule has 3 heterocycles. The van der Waals surface area contributed by atoms with E-state index in [1.165, 1.54) is 12.1 Å². The van der Waals surface area contributed by atoms with E-state index in [2.05, 4.69) is 20.0 Å². The van der Waals surface area contributed by atoms with E-state index in [1.807, 2.05) is 6.07 Å².